The lowest BCUT2D eigenvalue weighted by molar-refractivity contribution is 0.318. The van der Waals surface area contributed by atoms with Gasteiger partial charge in [-0.2, -0.15) is 4.98 Å². The SMILES string of the molecule is CN=C(NCc1noc(C(C)(C)C)n1)NCC1(c2cccc(F)c2)CC1.I. The quantitative estimate of drug-likeness (QED) is 0.384. The van der Waals surface area contributed by atoms with Crippen molar-refractivity contribution < 1.29 is 8.91 Å². The van der Waals surface area contributed by atoms with Crippen LogP contribution in [0.3, 0.4) is 0 Å². The van der Waals surface area contributed by atoms with Gasteiger partial charge < -0.3 is 15.2 Å². The molecule has 1 fully saturated rings. The summed E-state index contributed by atoms with van der Waals surface area (Å²) in [5.41, 5.74) is 0.855. The summed E-state index contributed by atoms with van der Waals surface area (Å²) < 4.78 is 18.8. The van der Waals surface area contributed by atoms with Crippen molar-refractivity contribution in [1.82, 2.24) is 20.8 Å². The lowest BCUT2D eigenvalue weighted by Gasteiger charge is -2.18. The summed E-state index contributed by atoms with van der Waals surface area (Å²) in [5.74, 6) is 1.67. The molecule has 0 saturated heterocycles. The molecular formula is C19H27FIN5O. The molecule has 2 N–H and O–H groups in total. The second-order valence-electron chi connectivity index (χ2n) is 7.84. The van der Waals surface area contributed by atoms with E-state index in [4.69, 9.17) is 4.52 Å². The van der Waals surface area contributed by atoms with Crippen molar-refractivity contribution in [3.8, 4) is 0 Å². The van der Waals surface area contributed by atoms with Crippen molar-refractivity contribution in [2.24, 2.45) is 4.99 Å². The van der Waals surface area contributed by atoms with E-state index in [0.717, 1.165) is 18.4 Å². The fraction of sp³-hybridized carbons (Fsp3) is 0.526. The van der Waals surface area contributed by atoms with Crippen LogP contribution in [-0.4, -0.2) is 29.7 Å². The Morgan fingerprint density at radius 3 is 2.59 bits per heavy atom. The fourth-order valence-corrected chi connectivity index (χ4v) is 2.80. The molecule has 1 saturated carbocycles. The Morgan fingerprint density at radius 2 is 2.04 bits per heavy atom. The van der Waals surface area contributed by atoms with Gasteiger partial charge in [0.15, 0.2) is 11.8 Å². The smallest absolute Gasteiger partial charge is 0.232 e. The molecule has 1 aromatic heterocycles. The number of guanidine groups is 1. The molecule has 2 aromatic rings. The highest BCUT2D eigenvalue weighted by Crippen LogP contribution is 2.47. The van der Waals surface area contributed by atoms with Gasteiger partial charge in [-0.3, -0.25) is 4.99 Å². The largest absolute Gasteiger partial charge is 0.356 e. The summed E-state index contributed by atoms with van der Waals surface area (Å²) in [6.07, 6.45) is 2.08. The van der Waals surface area contributed by atoms with Crippen molar-refractivity contribution in [2.75, 3.05) is 13.6 Å². The Balaban J connectivity index is 0.00000261. The Labute approximate surface area is 176 Å². The standard InChI is InChI=1S/C19H26FN5O.HI/c1-18(2,3)16-24-15(25-26-16)11-22-17(21-4)23-12-19(8-9-19)13-6-5-7-14(20)10-13;/h5-7,10H,8-9,11-12H2,1-4H3,(H2,21,22,23);1H. The molecule has 0 radical (unpaired) electrons. The number of halogens is 2. The highest BCUT2D eigenvalue weighted by molar-refractivity contribution is 14.0. The number of hydrogen-bond acceptors (Lipinski definition) is 4. The van der Waals surface area contributed by atoms with Crippen LogP contribution in [0, 0.1) is 5.82 Å². The zero-order chi connectivity index (χ0) is 18.8. The second kappa shape index (κ2) is 8.53. The number of nitrogens with one attached hydrogen (secondary N) is 2. The molecule has 27 heavy (non-hydrogen) atoms. The number of aromatic nitrogens is 2. The molecule has 1 aromatic carbocycles. The van der Waals surface area contributed by atoms with Crippen molar-refractivity contribution in [2.45, 2.75) is 51.0 Å². The van der Waals surface area contributed by atoms with E-state index < -0.39 is 0 Å². The number of benzene rings is 1. The van der Waals surface area contributed by atoms with Gasteiger partial charge in [0, 0.05) is 24.4 Å². The van der Waals surface area contributed by atoms with Crippen LogP contribution >= 0.6 is 24.0 Å². The molecule has 0 spiro atoms. The molecule has 1 aliphatic carbocycles. The molecule has 1 heterocycles. The maximum absolute atomic E-state index is 13.5. The van der Waals surface area contributed by atoms with Crippen LogP contribution < -0.4 is 10.6 Å². The maximum Gasteiger partial charge on any atom is 0.232 e. The number of rotatable bonds is 5. The summed E-state index contributed by atoms with van der Waals surface area (Å²) in [6.45, 7) is 7.21. The minimum absolute atomic E-state index is 0. The molecule has 0 bridgehead atoms. The Morgan fingerprint density at radius 1 is 1.30 bits per heavy atom. The van der Waals surface area contributed by atoms with Gasteiger partial charge in [-0.25, -0.2) is 4.39 Å². The van der Waals surface area contributed by atoms with E-state index in [9.17, 15) is 4.39 Å². The minimum Gasteiger partial charge on any atom is -0.356 e. The summed E-state index contributed by atoms with van der Waals surface area (Å²) in [5, 5.41) is 10.5. The lowest BCUT2D eigenvalue weighted by atomic mass is 9.96. The second-order valence-corrected chi connectivity index (χ2v) is 7.84. The van der Waals surface area contributed by atoms with Crippen LogP contribution in [0.15, 0.2) is 33.8 Å². The maximum atomic E-state index is 13.5. The topological polar surface area (TPSA) is 75.3 Å². The average molecular weight is 487 g/mol. The van der Waals surface area contributed by atoms with Gasteiger partial charge in [0.1, 0.15) is 5.82 Å². The van der Waals surface area contributed by atoms with E-state index in [2.05, 4.69) is 25.8 Å². The minimum atomic E-state index is -0.192. The van der Waals surface area contributed by atoms with Gasteiger partial charge in [0.05, 0.1) is 6.54 Å². The molecule has 0 unspecified atom stereocenters. The lowest BCUT2D eigenvalue weighted by Crippen LogP contribution is -2.41. The Bertz CT molecular complexity index is 795. The van der Waals surface area contributed by atoms with Crippen molar-refractivity contribution in [1.29, 1.82) is 0 Å². The first-order valence-electron chi connectivity index (χ1n) is 8.86. The number of aliphatic imine (C=N–C) groups is 1. The summed E-state index contributed by atoms with van der Waals surface area (Å²) in [7, 11) is 1.72. The third-order valence-electron chi connectivity index (χ3n) is 4.63. The normalized spacial score (nSPS) is 15.8. The Hall–Kier alpha value is -1.71. The van der Waals surface area contributed by atoms with E-state index in [0.29, 0.717) is 30.8 Å². The summed E-state index contributed by atoms with van der Waals surface area (Å²) in [4.78, 5) is 8.64. The zero-order valence-corrected chi connectivity index (χ0v) is 18.5. The average Bonchev–Trinajstić information content (AvgIpc) is 3.22. The van der Waals surface area contributed by atoms with Crippen LogP contribution in [0.4, 0.5) is 4.39 Å². The highest BCUT2D eigenvalue weighted by atomic mass is 127. The summed E-state index contributed by atoms with van der Waals surface area (Å²) in [6, 6.07) is 6.85. The van der Waals surface area contributed by atoms with Gasteiger partial charge >= 0.3 is 0 Å². The van der Waals surface area contributed by atoms with E-state index in [1.807, 2.05) is 26.8 Å². The molecule has 3 rings (SSSR count). The molecular weight excluding hydrogens is 460 g/mol. The Kier molecular flexibility index (Phi) is 6.82. The predicted molar refractivity (Wildman–Crippen MR) is 114 cm³/mol. The van der Waals surface area contributed by atoms with E-state index in [1.54, 1.807) is 19.2 Å². The zero-order valence-electron chi connectivity index (χ0n) is 16.2. The first kappa shape index (κ1) is 21.6. The van der Waals surface area contributed by atoms with Gasteiger partial charge in [-0.05, 0) is 30.5 Å². The van der Waals surface area contributed by atoms with E-state index in [-0.39, 0.29) is 40.6 Å². The van der Waals surface area contributed by atoms with Crippen LogP contribution in [0.25, 0.3) is 0 Å². The summed E-state index contributed by atoms with van der Waals surface area (Å²) >= 11 is 0. The molecule has 6 nitrogen and oxygen atoms in total. The van der Waals surface area contributed by atoms with E-state index in [1.165, 1.54) is 6.07 Å². The van der Waals surface area contributed by atoms with Crippen LogP contribution in [-0.2, 0) is 17.4 Å². The first-order chi connectivity index (χ1) is 12.3. The molecule has 148 valence electrons. The molecule has 0 aliphatic heterocycles. The molecule has 8 heteroatoms. The van der Waals surface area contributed by atoms with Crippen LogP contribution in [0.2, 0.25) is 0 Å². The van der Waals surface area contributed by atoms with E-state index >= 15 is 0 Å². The number of nitrogens with zero attached hydrogens (tertiary/aromatic N) is 3. The highest BCUT2D eigenvalue weighted by Gasteiger charge is 2.44. The van der Waals surface area contributed by atoms with Crippen molar-refractivity contribution >= 4 is 29.9 Å². The van der Waals surface area contributed by atoms with Gasteiger partial charge in [-0.15, -0.1) is 24.0 Å². The van der Waals surface area contributed by atoms with Crippen LogP contribution in [0.5, 0.6) is 0 Å². The third-order valence-corrected chi connectivity index (χ3v) is 4.63. The molecule has 1 aliphatic rings. The van der Waals surface area contributed by atoms with Gasteiger partial charge in [-0.1, -0.05) is 38.1 Å². The molecule has 0 atom stereocenters. The van der Waals surface area contributed by atoms with Gasteiger partial charge in [0.2, 0.25) is 5.89 Å². The van der Waals surface area contributed by atoms with Crippen molar-refractivity contribution in [3.63, 3.8) is 0 Å². The fourth-order valence-electron chi connectivity index (χ4n) is 2.80. The van der Waals surface area contributed by atoms with Crippen LogP contribution in [0.1, 0.15) is 50.9 Å². The molecule has 0 amide bonds. The first-order valence-corrected chi connectivity index (χ1v) is 8.86. The predicted octanol–water partition coefficient (Wildman–Crippen LogP) is 3.52. The third kappa shape index (κ3) is 5.40. The van der Waals surface area contributed by atoms with Gasteiger partial charge in [0.25, 0.3) is 0 Å². The van der Waals surface area contributed by atoms with Crippen molar-refractivity contribution in [3.05, 3.63) is 47.4 Å². The number of hydrogen-bond donors (Lipinski definition) is 2. The monoisotopic (exact) mass is 487 g/mol.